The minimum Gasteiger partial charge on any atom is -0.364 e. The summed E-state index contributed by atoms with van der Waals surface area (Å²) in [6, 6.07) is 7.09. The molecular weight excluding hydrogens is 450 g/mol. The summed E-state index contributed by atoms with van der Waals surface area (Å²) in [4.78, 5) is 24.8. The lowest BCUT2D eigenvalue weighted by Gasteiger charge is -2.29. The van der Waals surface area contributed by atoms with Gasteiger partial charge in [-0.15, -0.1) is 0 Å². The molecule has 0 fully saturated rings. The Labute approximate surface area is 185 Å². The molecule has 1 aliphatic rings. The first-order valence-electron chi connectivity index (χ1n) is 9.51. The van der Waals surface area contributed by atoms with Crippen molar-refractivity contribution in [2.45, 2.75) is 25.7 Å². The molecule has 0 atom stereocenters. The molecule has 0 aliphatic carbocycles. The molecule has 0 spiro atoms. The van der Waals surface area contributed by atoms with E-state index < -0.39 is 23.7 Å². The van der Waals surface area contributed by atoms with Crippen LogP contribution in [0.5, 0.6) is 0 Å². The van der Waals surface area contributed by atoms with Crippen LogP contribution in [-0.2, 0) is 25.7 Å². The number of amides is 1. The third-order valence-electron chi connectivity index (χ3n) is 5.09. The summed E-state index contributed by atoms with van der Waals surface area (Å²) in [6.45, 7) is 0.820. The fraction of sp³-hybridized carbons (Fsp3) is 0.238. The van der Waals surface area contributed by atoms with Gasteiger partial charge in [0.1, 0.15) is 11.5 Å². The van der Waals surface area contributed by atoms with Crippen molar-refractivity contribution in [3.8, 4) is 11.1 Å². The number of nitrogens with zero attached hydrogens (tertiary/aromatic N) is 4. The highest BCUT2D eigenvalue weighted by atomic mass is 35.5. The number of hydrogen-bond acceptors (Lipinski definition) is 5. The number of aromatic nitrogens is 3. The molecule has 1 aromatic carbocycles. The lowest BCUT2D eigenvalue weighted by molar-refractivity contribution is -0.145. The van der Waals surface area contributed by atoms with Gasteiger partial charge in [0.15, 0.2) is 0 Å². The maximum atomic E-state index is 14.6. The number of carbonyl (C=O) groups is 1. The van der Waals surface area contributed by atoms with Crippen LogP contribution >= 0.6 is 11.6 Å². The fourth-order valence-corrected chi connectivity index (χ4v) is 3.81. The van der Waals surface area contributed by atoms with E-state index in [4.69, 9.17) is 17.3 Å². The summed E-state index contributed by atoms with van der Waals surface area (Å²) in [5, 5.41) is 0.235. The van der Waals surface area contributed by atoms with Crippen LogP contribution in [0.4, 0.5) is 17.6 Å². The predicted molar refractivity (Wildman–Crippen MR) is 108 cm³/mol. The van der Waals surface area contributed by atoms with Crippen LogP contribution in [-0.4, -0.2) is 32.3 Å². The number of halogens is 5. The van der Waals surface area contributed by atoms with Gasteiger partial charge in [-0.1, -0.05) is 11.6 Å². The minimum absolute atomic E-state index is 0.0312. The van der Waals surface area contributed by atoms with Gasteiger partial charge in [-0.25, -0.2) is 19.3 Å². The Morgan fingerprint density at radius 3 is 2.62 bits per heavy atom. The second kappa shape index (κ2) is 8.44. The van der Waals surface area contributed by atoms with Crippen LogP contribution in [0.3, 0.4) is 0 Å². The van der Waals surface area contributed by atoms with Crippen LogP contribution in [0.2, 0.25) is 5.02 Å². The maximum Gasteiger partial charge on any atom is 0.451 e. The normalized spacial score (nSPS) is 14.3. The summed E-state index contributed by atoms with van der Waals surface area (Å²) in [6.07, 6.45) is -3.14. The summed E-state index contributed by atoms with van der Waals surface area (Å²) in [7, 11) is 0. The van der Waals surface area contributed by atoms with E-state index in [1.165, 1.54) is 24.3 Å². The number of nitrogens with two attached hydrogens (primary N) is 1. The molecule has 0 bridgehead atoms. The smallest absolute Gasteiger partial charge is 0.364 e. The molecule has 166 valence electrons. The van der Waals surface area contributed by atoms with E-state index in [-0.39, 0.29) is 35.1 Å². The molecule has 32 heavy (non-hydrogen) atoms. The van der Waals surface area contributed by atoms with Crippen molar-refractivity contribution in [2.75, 3.05) is 6.54 Å². The third kappa shape index (κ3) is 4.56. The molecule has 0 saturated carbocycles. The monoisotopic (exact) mass is 465 g/mol. The molecule has 3 aromatic rings. The van der Waals surface area contributed by atoms with Gasteiger partial charge in [-0.2, -0.15) is 13.2 Å². The second-order valence-electron chi connectivity index (χ2n) is 7.30. The van der Waals surface area contributed by atoms with E-state index in [9.17, 15) is 22.4 Å². The van der Waals surface area contributed by atoms with Crippen molar-refractivity contribution >= 4 is 17.5 Å². The molecular formula is C21H16ClF4N5O. The molecule has 11 heteroatoms. The Morgan fingerprint density at radius 2 is 1.94 bits per heavy atom. The second-order valence-corrected chi connectivity index (χ2v) is 7.74. The van der Waals surface area contributed by atoms with E-state index in [1.54, 1.807) is 6.07 Å². The SMILES string of the molecule is NC(=O)c1cc(-c2ccc(Cl)cc2F)c2c(n1)CN(Cc1ccnc(C(F)(F)F)n1)CC2. The average molecular weight is 466 g/mol. The van der Waals surface area contributed by atoms with Gasteiger partial charge >= 0.3 is 6.18 Å². The number of pyridine rings is 1. The van der Waals surface area contributed by atoms with Gasteiger partial charge < -0.3 is 5.73 Å². The maximum absolute atomic E-state index is 14.6. The lowest BCUT2D eigenvalue weighted by atomic mass is 9.92. The van der Waals surface area contributed by atoms with Gasteiger partial charge in [0.05, 0.1) is 11.4 Å². The van der Waals surface area contributed by atoms with Crippen LogP contribution in [0.15, 0.2) is 36.5 Å². The van der Waals surface area contributed by atoms with Crippen molar-refractivity contribution < 1.29 is 22.4 Å². The van der Waals surface area contributed by atoms with Crippen molar-refractivity contribution in [1.29, 1.82) is 0 Å². The summed E-state index contributed by atoms with van der Waals surface area (Å²) in [5.74, 6) is -2.53. The summed E-state index contributed by atoms with van der Waals surface area (Å²) in [5.41, 5.74) is 7.57. The van der Waals surface area contributed by atoms with Gasteiger partial charge in [-0.3, -0.25) is 9.69 Å². The van der Waals surface area contributed by atoms with E-state index in [0.29, 0.717) is 24.2 Å². The Morgan fingerprint density at radius 1 is 1.16 bits per heavy atom. The first-order chi connectivity index (χ1) is 15.1. The number of alkyl halides is 3. The molecule has 4 rings (SSSR count). The van der Waals surface area contributed by atoms with Crippen molar-refractivity contribution in [1.82, 2.24) is 19.9 Å². The van der Waals surface area contributed by atoms with E-state index in [2.05, 4.69) is 15.0 Å². The number of fused-ring (bicyclic) bond motifs is 1. The Bertz CT molecular complexity index is 1200. The van der Waals surface area contributed by atoms with Gasteiger partial charge in [0.25, 0.3) is 5.91 Å². The number of primary amides is 1. The fourth-order valence-electron chi connectivity index (χ4n) is 3.65. The topological polar surface area (TPSA) is 85.0 Å². The third-order valence-corrected chi connectivity index (χ3v) is 5.32. The highest BCUT2D eigenvalue weighted by molar-refractivity contribution is 6.30. The lowest BCUT2D eigenvalue weighted by Crippen LogP contribution is -2.32. The van der Waals surface area contributed by atoms with E-state index >= 15 is 0 Å². The summed E-state index contributed by atoms with van der Waals surface area (Å²) >= 11 is 5.85. The first-order valence-corrected chi connectivity index (χ1v) is 9.89. The molecule has 1 amide bonds. The molecule has 2 N–H and O–H groups in total. The quantitative estimate of drug-likeness (QED) is 0.588. The molecule has 0 saturated heterocycles. The number of rotatable bonds is 4. The molecule has 2 aromatic heterocycles. The first kappa shape index (κ1) is 22.1. The predicted octanol–water partition coefficient (Wildman–Crippen LogP) is 4.01. The highest BCUT2D eigenvalue weighted by Crippen LogP contribution is 2.33. The zero-order valence-corrected chi connectivity index (χ0v) is 17.2. The van der Waals surface area contributed by atoms with E-state index in [1.807, 2.05) is 4.90 Å². The molecule has 1 aliphatic heterocycles. The Kier molecular flexibility index (Phi) is 5.83. The minimum atomic E-state index is -4.64. The van der Waals surface area contributed by atoms with Crippen LogP contribution in [0.1, 0.15) is 33.3 Å². The van der Waals surface area contributed by atoms with Crippen molar-refractivity contribution in [2.24, 2.45) is 5.73 Å². The zero-order chi connectivity index (χ0) is 23.0. The van der Waals surface area contributed by atoms with Crippen molar-refractivity contribution in [3.63, 3.8) is 0 Å². The van der Waals surface area contributed by atoms with Gasteiger partial charge in [0.2, 0.25) is 5.82 Å². The van der Waals surface area contributed by atoms with Crippen LogP contribution < -0.4 is 5.73 Å². The van der Waals surface area contributed by atoms with Gasteiger partial charge in [-0.05, 0) is 47.9 Å². The highest BCUT2D eigenvalue weighted by Gasteiger charge is 2.35. The molecule has 0 radical (unpaired) electrons. The number of hydrogen-bond donors (Lipinski definition) is 1. The Balaban J connectivity index is 1.67. The average Bonchev–Trinajstić information content (AvgIpc) is 2.72. The number of benzene rings is 1. The van der Waals surface area contributed by atoms with E-state index in [0.717, 1.165) is 11.8 Å². The van der Waals surface area contributed by atoms with Crippen molar-refractivity contribution in [3.05, 3.63) is 75.8 Å². The summed E-state index contributed by atoms with van der Waals surface area (Å²) < 4.78 is 53.3. The molecule has 3 heterocycles. The van der Waals surface area contributed by atoms with Crippen LogP contribution in [0.25, 0.3) is 11.1 Å². The largest absolute Gasteiger partial charge is 0.451 e. The molecule has 0 unspecified atom stereocenters. The molecule has 6 nitrogen and oxygen atoms in total. The standard InChI is InChI=1S/C21H16ClF4N5O/c22-11-1-2-13(16(23)7-11)15-8-17(19(27)32)30-18-10-31(6-4-14(15)18)9-12-3-5-28-20(29-12)21(24,25)26/h1-3,5,7-8H,4,6,9-10H2,(H2,27,32). The zero-order valence-electron chi connectivity index (χ0n) is 16.5. The number of carbonyl (C=O) groups excluding carboxylic acids is 1. The van der Waals surface area contributed by atoms with Gasteiger partial charge in [0, 0.05) is 36.4 Å². The Hall–Kier alpha value is -3.11. The van der Waals surface area contributed by atoms with Crippen LogP contribution in [0, 0.1) is 5.82 Å².